The van der Waals surface area contributed by atoms with Crippen molar-refractivity contribution in [1.29, 1.82) is 0 Å². The second-order valence-electron chi connectivity index (χ2n) is 6.40. The molecule has 1 aromatic heterocycles. The van der Waals surface area contributed by atoms with Gasteiger partial charge in [0.1, 0.15) is 6.04 Å². The van der Waals surface area contributed by atoms with Gasteiger partial charge in [0.2, 0.25) is 16.9 Å². The Balaban J connectivity index is 1.52. The number of benzene rings is 1. The molecule has 10 nitrogen and oxygen atoms in total. The molecule has 28 heavy (non-hydrogen) atoms. The summed E-state index contributed by atoms with van der Waals surface area (Å²) in [7, 11) is 0. The van der Waals surface area contributed by atoms with Gasteiger partial charge in [-0.3, -0.25) is 29.4 Å². The van der Waals surface area contributed by atoms with Gasteiger partial charge in [-0.15, -0.1) is 0 Å². The van der Waals surface area contributed by atoms with Crippen LogP contribution >= 0.6 is 11.5 Å². The summed E-state index contributed by atoms with van der Waals surface area (Å²) in [4.78, 5) is 54.0. The van der Waals surface area contributed by atoms with Gasteiger partial charge in [0, 0.05) is 24.5 Å². The first-order chi connectivity index (χ1) is 13.5. The highest BCUT2D eigenvalue weighted by Gasteiger charge is 2.44. The van der Waals surface area contributed by atoms with Crippen molar-refractivity contribution in [1.82, 2.24) is 19.6 Å². The van der Waals surface area contributed by atoms with E-state index in [1.165, 1.54) is 11.5 Å². The average Bonchev–Trinajstić information content (AvgIpc) is 3.24. The average molecular weight is 400 g/mol. The van der Waals surface area contributed by atoms with E-state index < -0.39 is 29.7 Å². The van der Waals surface area contributed by atoms with Crippen LogP contribution in [0.25, 0.3) is 0 Å². The molecule has 1 atom stereocenters. The highest BCUT2D eigenvalue weighted by atomic mass is 32.1. The van der Waals surface area contributed by atoms with Crippen molar-refractivity contribution in [3.8, 4) is 0 Å². The maximum atomic E-state index is 12.8. The summed E-state index contributed by atoms with van der Waals surface area (Å²) >= 11 is 1.19. The van der Waals surface area contributed by atoms with E-state index in [4.69, 9.17) is 5.73 Å². The molecule has 144 valence electrons. The zero-order chi connectivity index (χ0) is 19.8. The zero-order valence-electron chi connectivity index (χ0n) is 14.6. The highest BCUT2D eigenvalue weighted by molar-refractivity contribution is 7.09. The lowest BCUT2D eigenvalue weighted by atomic mass is 10.0. The number of amides is 4. The smallest absolute Gasteiger partial charge is 0.262 e. The predicted molar refractivity (Wildman–Crippen MR) is 98.2 cm³/mol. The van der Waals surface area contributed by atoms with E-state index in [-0.39, 0.29) is 30.5 Å². The van der Waals surface area contributed by atoms with E-state index in [1.54, 1.807) is 18.2 Å². The number of piperidine rings is 1. The van der Waals surface area contributed by atoms with E-state index in [9.17, 15) is 19.2 Å². The third kappa shape index (κ3) is 3.14. The van der Waals surface area contributed by atoms with Crippen molar-refractivity contribution in [2.24, 2.45) is 5.73 Å². The number of carbonyl (C=O) groups excluding carboxylic acids is 4. The van der Waals surface area contributed by atoms with E-state index in [0.29, 0.717) is 17.5 Å². The Kier molecular flexibility index (Phi) is 4.61. The minimum atomic E-state index is -0.970. The number of hydrogen-bond donors (Lipinski definition) is 3. The number of fused-ring (bicyclic) bond motifs is 1. The van der Waals surface area contributed by atoms with Crippen LogP contribution in [-0.2, 0) is 22.7 Å². The molecular weight excluding hydrogens is 384 g/mol. The molecule has 1 aromatic carbocycles. The summed E-state index contributed by atoms with van der Waals surface area (Å²) in [6.07, 6.45) is 0.219. The van der Waals surface area contributed by atoms with E-state index >= 15 is 0 Å². The molecule has 2 aliphatic rings. The number of nitrogens with one attached hydrogen (secondary N) is 2. The van der Waals surface area contributed by atoms with Crippen LogP contribution in [0, 0.1) is 0 Å². The summed E-state index contributed by atoms with van der Waals surface area (Å²) in [5.74, 6) is -1.54. The maximum absolute atomic E-state index is 12.8. The van der Waals surface area contributed by atoms with Crippen molar-refractivity contribution in [3.63, 3.8) is 0 Å². The fourth-order valence-electron chi connectivity index (χ4n) is 3.21. The van der Waals surface area contributed by atoms with Gasteiger partial charge >= 0.3 is 0 Å². The molecule has 2 aliphatic heterocycles. The van der Waals surface area contributed by atoms with Crippen molar-refractivity contribution in [2.45, 2.75) is 32.0 Å². The van der Waals surface area contributed by atoms with Crippen LogP contribution in [0.1, 0.15) is 44.9 Å². The topological polar surface area (TPSA) is 147 Å². The Morgan fingerprint density at radius 3 is 2.71 bits per heavy atom. The summed E-state index contributed by atoms with van der Waals surface area (Å²) < 4.78 is 4.08. The lowest BCUT2D eigenvalue weighted by molar-refractivity contribution is -0.136. The van der Waals surface area contributed by atoms with Gasteiger partial charge in [0.05, 0.1) is 17.7 Å². The molecule has 0 aliphatic carbocycles. The molecule has 0 bridgehead atoms. The highest BCUT2D eigenvalue weighted by Crippen LogP contribution is 2.28. The summed E-state index contributed by atoms with van der Waals surface area (Å²) in [5.41, 5.74) is 6.75. The van der Waals surface area contributed by atoms with Gasteiger partial charge in [0.15, 0.2) is 5.82 Å². The van der Waals surface area contributed by atoms with Gasteiger partial charge in [0.25, 0.3) is 11.8 Å². The Bertz CT molecular complexity index is 1000. The minimum Gasteiger partial charge on any atom is -0.356 e. The Morgan fingerprint density at radius 2 is 2.00 bits per heavy atom. The summed E-state index contributed by atoms with van der Waals surface area (Å²) in [6.45, 7) is 0.635. The third-order valence-electron chi connectivity index (χ3n) is 4.60. The van der Waals surface area contributed by atoms with Crippen LogP contribution in [0.3, 0.4) is 0 Å². The van der Waals surface area contributed by atoms with Gasteiger partial charge in [-0.05, 0) is 24.1 Å². The number of rotatable bonds is 5. The van der Waals surface area contributed by atoms with Gasteiger partial charge < -0.3 is 11.1 Å². The second-order valence-corrected chi connectivity index (χ2v) is 7.15. The molecule has 2 aromatic rings. The number of nitrogens with two attached hydrogens (primary N) is 1. The molecule has 1 saturated heterocycles. The first kappa shape index (κ1) is 18.2. The van der Waals surface area contributed by atoms with Crippen LogP contribution in [0.15, 0.2) is 18.2 Å². The molecule has 0 spiro atoms. The molecule has 0 saturated carbocycles. The van der Waals surface area contributed by atoms with Crippen LogP contribution in [0.4, 0.5) is 5.13 Å². The Labute approximate surface area is 163 Å². The quantitative estimate of drug-likeness (QED) is 0.595. The number of nitrogens with zero attached hydrogens (tertiary/aromatic N) is 3. The van der Waals surface area contributed by atoms with Crippen LogP contribution in [0.2, 0.25) is 0 Å². The van der Waals surface area contributed by atoms with E-state index in [2.05, 4.69) is 20.0 Å². The van der Waals surface area contributed by atoms with Gasteiger partial charge in [-0.2, -0.15) is 4.37 Å². The van der Waals surface area contributed by atoms with E-state index in [1.807, 2.05) is 0 Å². The zero-order valence-corrected chi connectivity index (χ0v) is 15.4. The van der Waals surface area contributed by atoms with Gasteiger partial charge in [-0.1, -0.05) is 6.07 Å². The summed E-state index contributed by atoms with van der Waals surface area (Å²) in [5, 5.41) is 5.88. The SMILES string of the molecule is NCc1nsc(NCc2ccc3c(c2)C(=O)N(C2CCC(=O)NC2=O)C3=O)n1. The predicted octanol–water partition coefficient (Wildman–Crippen LogP) is 0.0101. The number of hydrogen-bond acceptors (Lipinski definition) is 9. The first-order valence-corrected chi connectivity index (χ1v) is 9.36. The lowest BCUT2D eigenvalue weighted by Gasteiger charge is -2.27. The Hall–Kier alpha value is -3.18. The second kappa shape index (κ2) is 7.09. The van der Waals surface area contributed by atoms with Crippen molar-refractivity contribution < 1.29 is 19.2 Å². The number of carbonyl (C=O) groups is 4. The summed E-state index contributed by atoms with van der Waals surface area (Å²) in [6, 6.07) is 3.96. The molecule has 1 unspecified atom stereocenters. The van der Waals surface area contributed by atoms with Crippen molar-refractivity contribution in [3.05, 3.63) is 40.7 Å². The molecule has 4 amide bonds. The van der Waals surface area contributed by atoms with Crippen molar-refractivity contribution in [2.75, 3.05) is 5.32 Å². The van der Waals surface area contributed by atoms with Crippen LogP contribution in [-0.4, -0.2) is 43.9 Å². The van der Waals surface area contributed by atoms with Crippen LogP contribution < -0.4 is 16.4 Å². The van der Waals surface area contributed by atoms with Crippen molar-refractivity contribution >= 4 is 40.3 Å². The Morgan fingerprint density at radius 1 is 1.21 bits per heavy atom. The maximum Gasteiger partial charge on any atom is 0.262 e. The molecule has 4 rings (SSSR count). The molecule has 1 fully saturated rings. The minimum absolute atomic E-state index is 0.0889. The fourth-order valence-corrected chi connectivity index (χ4v) is 3.80. The number of imide groups is 2. The number of anilines is 1. The molecule has 0 radical (unpaired) electrons. The normalized spacial score (nSPS) is 19.0. The molecule has 3 heterocycles. The monoisotopic (exact) mass is 400 g/mol. The molecule has 4 N–H and O–H groups in total. The first-order valence-electron chi connectivity index (χ1n) is 8.59. The van der Waals surface area contributed by atoms with Crippen LogP contribution in [0.5, 0.6) is 0 Å². The number of aromatic nitrogens is 2. The van der Waals surface area contributed by atoms with E-state index in [0.717, 1.165) is 10.5 Å². The molecular formula is C17H16N6O4S. The molecule has 11 heteroatoms. The third-order valence-corrected chi connectivity index (χ3v) is 5.31. The lowest BCUT2D eigenvalue weighted by Crippen LogP contribution is -2.54. The fraction of sp³-hybridized carbons (Fsp3) is 0.294. The largest absolute Gasteiger partial charge is 0.356 e. The standard InChI is InChI=1S/C17H16N6O4S/c18-6-12-20-17(28-22-12)19-7-8-1-2-9-10(5-8)16(27)23(15(9)26)11-3-4-13(24)21-14(11)25/h1-2,5,11H,3-4,6-7,18H2,(H,19,20,22)(H,21,24,25). The van der Waals surface area contributed by atoms with Gasteiger partial charge in [-0.25, -0.2) is 4.98 Å².